The lowest BCUT2D eigenvalue weighted by Crippen LogP contribution is -2.23. The molecule has 0 radical (unpaired) electrons. The molecule has 2 aromatic heterocycles. The van der Waals surface area contributed by atoms with Crippen LogP contribution in [-0.4, -0.2) is 37.4 Å². The average Bonchev–Trinajstić information content (AvgIpc) is 1.04. The van der Waals surface area contributed by atoms with Crippen molar-refractivity contribution in [1.82, 2.24) is 9.55 Å². The third-order valence-electron chi connectivity index (χ3n) is 15.8. The van der Waals surface area contributed by atoms with E-state index in [4.69, 9.17) is 22.9 Å². The monoisotopic (exact) mass is 1360 g/mol. The SMILES string of the molecule is CC(C)(C)C1CCOC1.CC(C)(C)c1ccc(F)cc1F.CC(C)(C)c1ccc(S(C)(=O)=O)cc1.Cc1cc(F)cc(C)c1C(C)(C)C.Cc1cccc(Cl)c1C(C)(C)C.Cc1cn(C(C)(C)C)ccc1=O.Cc1ncccc1C(C)(C)C.[C-]#[N+]c1ccc(C(C)(C)C)c(F)c1. The first-order chi connectivity index (χ1) is 43.3. The highest BCUT2D eigenvalue weighted by atomic mass is 35.5. The largest absolute Gasteiger partial charge is 0.381 e. The van der Waals surface area contributed by atoms with Crippen LogP contribution in [0.4, 0.5) is 23.2 Å². The maximum Gasteiger partial charge on any atom is 0.190 e. The molecular formula is C83H118ClF4N3O4S. The molecule has 8 rings (SSSR count). The second-order valence-electron chi connectivity index (χ2n) is 33.2. The van der Waals surface area contributed by atoms with Crippen LogP contribution in [0.2, 0.25) is 5.02 Å². The van der Waals surface area contributed by atoms with Crippen molar-refractivity contribution in [3.8, 4) is 0 Å². The molecule has 1 atom stereocenters. The van der Waals surface area contributed by atoms with Crippen molar-refractivity contribution in [1.29, 1.82) is 0 Å². The average molecular weight is 1370 g/mol. The molecule has 1 aliphatic heterocycles. The quantitative estimate of drug-likeness (QED) is 0.121. The number of aryl methyl sites for hydroxylation is 5. The Balaban J connectivity index is 0.000000550. The summed E-state index contributed by atoms with van der Waals surface area (Å²) in [5.74, 6) is -0.635. The number of rotatable bonds is 1. The molecule has 1 aliphatic rings. The molecule has 0 spiro atoms. The standard InChI is InChI=1S/C12H17F.C11H15Cl.C11H12FN.C11H16O2S.C10H12F2.C10H15NO.C10H15N.C8H16O/c1-8-6-10(13)7-9(2)11(8)12(3,4)5;1-8-6-5-7-9(12)10(8)11(2,3)4;1-11(2,3)9-6-5-8(13-4)7-10(9)12;1-11(2,3)9-5-7-10(8-6-9)14(4,12)13;1-10(2,3)8-5-4-7(11)6-9(8)12;1-8-7-11(10(2,3)4)6-5-9(8)12;1-8-9(10(2,3)4)6-5-7-11-8;1-8(2,3)7-4-5-9-6-7/h6-7H,1-5H3;5-7H,1-4H3;5-7H,1-3H3;5-8H,1-4H3;4-6H,1-3H3;5-7H,1-4H3;5-7H,1-4H3;7H,4-6H2,1-3H3. The molecule has 7 nitrogen and oxygen atoms in total. The number of sulfone groups is 1. The maximum atomic E-state index is 13.4. The van der Waals surface area contributed by atoms with E-state index in [1.165, 1.54) is 53.1 Å². The third kappa shape index (κ3) is 30.6. The second-order valence-corrected chi connectivity index (χ2v) is 35.6. The molecular weight excluding hydrogens is 1250 g/mol. The molecule has 1 unspecified atom stereocenters. The van der Waals surface area contributed by atoms with Crippen molar-refractivity contribution in [2.24, 2.45) is 11.3 Å². The Morgan fingerprint density at radius 2 is 1.03 bits per heavy atom. The lowest BCUT2D eigenvalue weighted by molar-refractivity contribution is 0.152. The minimum Gasteiger partial charge on any atom is -0.381 e. The summed E-state index contributed by atoms with van der Waals surface area (Å²) in [7, 11) is -3.07. The number of benzene rings is 5. The van der Waals surface area contributed by atoms with Gasteiger partial charge in [-0.15, -0.1) is 0 Å². The van der Waals surface area contributed by atoms with Gasteiger partial charge in [-0.05, 0) is 204 Å². The lowest BCUT2D eigenvalue weighted by atomic mass is 9.80. The zero-order chi connectivity index (χ0) is 74.7. The molecule has 5 aromatic carbocycles. The predicted molar refractivity (Wildman–Crippen MR) is 401 cm³/mol. The molecule has 0 amide bonds. The van der Waals surface area contributed by atoms with Crippen molar-refractivity contribution in [2.45, 2.75) is 250 Å². The van der Waals surface area contributed by atoms with E-state index in [1.807, 2.05) is 116 Å². The van der Waals surface area contributed by atoms with Crippen LogP contribution in [0.5, 0.6) is 0 Å². The van der Waals surface area contributed by atoms with Crippen LogP contribution in [-0.2, 0) is 52.6 Å². The normalized spacial score (nSPS) is 13.4. The molecule has 7 aromatic rings. The molecule has 0 saturated carbocycles. The molecule has 0 aliphatic carbocycles. The lowest BCUT2D eigenvalue weighted by Gasteiger charge is -2.24. The first-order valence-corrected chi connectivity index (χ1v) is 35.3. The van der Waals surface area contributed by atoms with Crippen molar-refractivity contribution in [3.05, 3.63) is 239 Å². The Morgan fingerprint density at radius 3 is 1.36 bits per heavy atom. The van der Waals surface area contributed by atoms with Crippen LogP contribution in [0.15, 0.2) is 137 Å². The Labute approximate surface area is 584 Å². The van der Waals surface area contributed by atoms with Crippen molar-refractivity contribution in [3.63, 3.8) is 0 Å². The number of hydrogen-bond acceptors (Lipinski definition) is 5. The molecule has 1 fully saturated rings. The molecule has 1 saturated heterocycles. The summed E-state index contributed by atoms with van der Waals surface area (Å²) >= 11 is 6.11. The van der Waals surface area contributed by atoms with Gasteiger partial charge in [0.1, 0.15) is 23.3 Å². The van der Waals surface area contributed by atoms with E-state index in [9.17, 15) is 30.8 Å². The van der Waals surface area contributed by atoms with E-state index >= 15 is 0 Å². The first kappa shape index (κ1) is 87.6. The Hall–Kier alpha value is -6.39. The van der Waals surface area contributed by atoms with E-state index in [0.29, 0.717) is 27.1 Å². The summed E-state index contributed by atoms with van der Waals surface area (Å²) in [5, 5.41) is 0.877. The summed E-state index contributed by atoms with van der Waals surface area (Å²) in [5.41, 5.74) is 12.5. The van der Waals surface area contributed by atoms with Gasteiger partial charge in [0.2, 0.25) is 0 Å². The van der Waals surface area contributed by atoms with Gasteiger partial charge in [0, 0.05) is 72.0 Å². The van der Waals surface area contributed by atoms with Gasteiger partial charge in [-0.2, -0.15) is 0 Å². The van der Waals surface area contributed by atoms with E-state index in [2.05, 4.69) is 160 Å². The van der Waals surface area contributed by atoms with Gasteiger partial charge in [-0.3, -0.25) is 9.78 Å². The minimum absolute atomic E-state index is 0.0540. The fraction of sp³-hybridized carbons (Fsp3) is 0.506. The topological polar surface area (TPSA) is 82.6 Å². The number of aromatic nitrogens is 2. The minimum atomic E-state index is -3.07. The smallest absolute Gasteiger partial charge is 0.190 e. The fourth-order valence-electron chi connectivity index (χ4n) is 10.7. The van der Waals surface area contributed by atoms with Crippen LogP contribution in [0.3, 0.4) is 0 Å². The van der Waals surface area contributed by atoms with Crippen LogP contribution in [0.25, 0.3) is 4.85 Å². The van der Waals surface area contributed by atoms with E-state index in [-0.39, 0.29) is 55.1 Å². The van der Waals surface area contributed by atoms with E-state index in [1.54, 1.807) is 42.5 Å². The van der Waals surface area contributed by atoms with Crippen molar-refractivity contribution >= 4 is 27.1 Å². The van der Waals surface area contributed by atoms with Crippen molar-refractivity contribution in [2.75, 3.05) is 19.5 Å². The molecule has 3 heterocycles. The third-order valence-corrected chi connectivity index (χ3v) is 17.3. The zero-order valence-corrected chi connectivity index (χ0v) is 65.7. The summed E-state index contributed by atoms with van der Waals surface area (Å²) < 4.78 is 81.7. The highest BCUT2D eigenvalue weighted by Crippen LogP contribution is 2.35. The van der Waals surface area contributed by atoms with Gasteiger partial charge in [0.15, 0.2) is 21.0 Å². The first-order valence-electron chi connectivity index (χ1n) is 33.0. The van der Waals surface area contributed by atoms with Crippen LogP contribution < -0.4 is 5.43 Å². The number of ether oxygens (including phenoxy) is 1. The molecule has 96 heavy (non-hydrogen) atoms. The van der Waals surface area contributed by atoms with Gasteiger partial charge < -0.3 is 9.30 Å². The molecule has 0 bridgehead atoms. The Kier molecular flexibility index (Phi) is 32.8. The number of pyridine rings is 2. The van der Waals surface area contributed by atoms with Crippen molar-refractivity contribution < 1.29 is 30.7 Å². The summed E-state index contributed by atoms with van der Waals surface area (Å²) in [6.45, 7) is 69.2. The van der Waals surface area contributed by atoms with E-state index < -0.39 is 21.5 Å². The Morgan fingerprint density at radius 1 is 0.542 bits per heavy atom. The van der Waals surface area contributed by atoms with Gasteiger partial charge in [0.05, 0.1) is 11.5 Å². The number of hydrogen-bond donors (Lipinski definition) is 0. The van der Waals surface area contributed by atoms with E-state index in [0.717, 1.165) is 58.2 Å². The highest BCUT2D eigenvalue weighted by Gasteiger charge is 2.28. The summed E-state index contributed by atoms with van der Waals surface area (Å²) in [6, 6.07) is 30.4. The molecule has 13 heteroatoms. The van der Waals surface area contributed by atoms with Gasteiger partial charge >= 0.3 is 0 Å². The van der Waals surface area contributed by atoms with Gasteiger partial charge in [0.25, 0.3) is 0 Å². The maximum absolute atomic E-state index is 13.4. The second kappa shape index (κ2) is 35.9. The number of halogens is 5. The van der Waals surface area contributed by atoms with Crippen LogP contribution in [0.1, 0.15) is 234 Å². The van der Waals surface area contributed by atoms with Crippen LogP contribution in [0, 0.1) is 75.8 Å². The number of nitrogens with zero attached hydrogens (tertiary/aromatic N) is 3. The summed E-state index contributed by atoms with van der Waals surface area (Å²) in [6.07, 6.45) is 8.03. The highest BCUT2D eigenvalue weighted by molar-refractivity contribution is 7.90. The van der Waals surface area contributed by atoms with Gasteiger partial charge in [-0.1, -0.05) is 206 Å². The predicted octanol–water partition coefficient (Wildman–Crippen LogP) is 23.7. The zero-order valence-electron chi connectivity index (χ0n) is 64.1. The molecule has 530 valence electrons. The fourth-order valence-corrected chi connectivity index (χ4v) is 11.8. The Bertz CT molecular complexity index is 3760. The molecule has 0 N–H and O–H groups in total. The van der Waals surface area contributed by atoms with Crippen LogP contribution >= 0.6 is 11.6 Å². The van der Waals surface area contributed by atoms with Gasteiger partial charge in [-0.25, -0.2) is 30.8 Å². The summed E-state index contributed by atoms with van der Waals surface area (Å²) in [4.78, 5) is 18.9.